The lowest BCUT2D eigenvalue weighted by Gasteiger charge is -2.30. The van der Waals surface area contributed by atoms with Crippen LogP contribution < -0.4 is 0 Å². The Morgan fingerprint density at radius 3 is 0.717 bits per heavy atom. The fraction of sp³-hybridized carbons (Fsp3) is 0.980. The fourth-order valence-electron chi connectivity index (χ4n) is 8.80. The maximum Gasteiger partial charge on any atom is 0.309 e. The Bertz CT molecular complexity index is 700. The van der Waals surface area contributed by atoms with Crippen LogP contribution in [-0.2, 0) is 4.79 Å². The van der Waals surface area contributed by atoms with Gasteiger partial charge in [-0.15, -0.1) is 0 Å². The topological polar surface area (TPSA) is 37.3 Å². The Morgan fingerprint density at radius 1 is 0.340 bits per heavy atom. The molecule has 0 radical (unpaired) electrons. The van der Waals surface area contributed by atoms with Crippen molar-refractivity contribution in [3.8, 4) is 0 Å². The molecule has 0 aliphatic rings. The molecule has 0 aromatic rings. The summed E-state index contributed by atoms with van der Waals surface area (Å²) in [5.41, 5.74) is -0.469. The highest BCUT2D eigenvalue weighted by atomic mass is 16.4. The van der Waals surface area contributed by atoms with Crippen LogP contribution in [0.5, 0.6) is 0 Å². The van der Waals surface area contributed by atoms with Gasteiger partial charge < -0.3 is 5.11 Å². The second-order valence-electron chi connectivity index (χ2n) is 18.5. The van der Waals surface area contributed by atoms with E-state index in [2.05, 4.69) is 27.7 Å². The first-order valence-corrected chi connectivity index (χ1v) is 25.2. The molecule has 0 aromatic heterocycles. The highest BCUT2D eigenvalue weighted by Crippen LogP contribution is 2.38. The summed E-state index contributed by atoms with van der Waals surface area (Å²) in [4.78, 5) is 12.9. The Kier molecular flexibility index (Phi) is 42.2. The predicted octanol–water partition coefficient (Wildman–Crippen LogP) is 18.9. The lowest BCUT2D eigenvalue weighted by Crippen LogP contribution is -2.31. The Morgan fingerprint density at radius 2 is 0.528 bits per heavy atom. The van der Waals surface area contributed by atoms with Gasteiger partial charge in [0.25, 0.3) is 0 Å². The lowest BCUT2D eigenvalue weighted by atomic mass is 9.74. The van der Waals surface area contributed by atoms with E-state index in [9.17, 15) is 9.90 Å². The molecule has 53 heavy (non-hydrogen) atoms. The van der Waals surface area contributed by atoms with Gasteiger partial charge in [0.1, 0.15) is 0 Å². The number of carboxylic acid groups (broad SMARTS) is 1. The van der Waals surface area contributed by atoms with Crippen LogP contribution in [0, 0.1) is 11.3 Å². The van der Waals surface area contributed by atoms with Gasteiger partial charge in [0.15, 0.2) is 0 Å². The second-order valence-corrected chi connectivity index (χ2v) is 18.5. The van der Waals surface area contributed by atoms with Gasteiger partial charge in [-0.1, -0.05) is 291 Å². The third-order valence-corrected chi connectivity index (χ3v) is 12.7. The van der Waals surface area contributed by atoms with Crippen molar-refractivity contribution in [1.82, 2.24) is 0 Å². The van der Waals surface area contributed by atoms with Gasteiger partial charge in [0, 0.05) is 0 Å². The molecule has 0 spiro atoms. The van der Waals surface area contributed by atoms with Crippen molar-refractivity contribution >= 4 is 5.97 Å². The highest BCUT2D eigenvalue weighted by molar-refractivity contribution is 5.74. The summed E-state index contributed by atoms with van der Waals surface area (Å²) >= 11 is 0. The first kappa shape index (κ1) is 52.5. The Balaban J connectivity index is 4.34. The summed E-state index contributed by atoms with van der Waals surface area (Å²) < 4.78 is 0. The Labute approximate surface area is 336 Å². The molecule has 0 bridgehead atoms. The van der Waals surface area contributed by atoms with Crippen LogP contribution in [0.2, 0.25) is 0 Å². The summed E-state index contributed by atoms with van der Waals surface area (Å²) in [5, 5.41) is 10.6. The molecule has 0 fully saturated rings. The molecule has 2 nitrogen and oxygen atoms in total. The molecule has 0 aromatic carbocycles. The van der Waals surface area contributed by atoms with Crippen molar-refractivity contribution in [1.29, 1.82) is 0 Å². The number of aliphatic carboxylic acids is 1. The van der Waals surface area contributed by atoms with Crippen molar-refractivity contribution in [2.45, 2.75) is 310 Å². The van der Waals surface area contributed by atoms with Crippen LogP contribution in [0.4, 0.5) is 0 Å². The molecule has 1 unspecified atom stereocenters. The molecule has 0 amide bonds. The molecule has 0 aliphatic carbocycles. The van der Waals surface area contributed by atoms with Crippen LogP contribution in [0.1, 0.15) is 310 Å². The number of carbonyl (C=O) groups is 1. The van der Waals surface area contributed by atoms with Crippen molar-refractivity contribution in [2.75, 3.05) is 0 Å². The third kappa shape index (κ3) is 38.1. The van der Waals surface area contributed by atoms with Crippen LogP contribution in [-0.4, -0.2) is 11.1 Å². The zero-order chi connectivity index (χ0) is 38.8. The average Bonchev–Trinajstić information content (AvgIpc) is 3.14. The van der Waals surface area contributed by atoms with Gasteiger partial charge in [-0.2, -0.15) is 0 Å². The maximum atomic E-state index is 12.9. The van der Waals surface area contributed by atoms with Crippen molar-refractivity contribution in [3.05, 3.63) is 0 Å². The van der Waals surface area contributed by atoms with Crippen molar-refractivity contribution in [3.63, 3.8) is 0 Å². The molecule has 0 saturated heterocycles. The molecular formula is C51H102O2. The van der Waals surface area contributed by atoms with E-state index in [1.807, 2.05) is 0 Å². The first-order valence-electron chi connectivity index (χ1n) is 25.2. The van der Waals surface area contributed by atoms with Gasteiger partial charge in [-0.3, -0.25) is 4.79 Å². The predicted molar refractivity (Wildman–Crippen MR) is 239 cm³/mol. The van der Waals surface area contributed by atoms with Gasteiger partial charge >= 0.3 is 5.97 Å². The monoisotopic (exact) mass is 747 g/mol. The number of unbranched alkanes of at least 4 members (excludes halogenated alkanes) is 37. The average molecular weight is 747 g/mol. The van der Waals surface area contributed by atoms with Crippen molar-refractivity contribution < 1.29 is 9.90 Å². The lowest BCUT2D eigenvalue weighted by molar-refractivity contribution is -0.150. The minimum absolute atomic E-state index is 0.469. The van der Waals surface area contributed by atoms with Gasteiger partial charge in [0.05, 0.1) is 5.41 Å². The molecule has 0 aliphatic heterocycles. The van der Waals surface area contributed by atoms with Crippen molar-refractivity contribution in [2.24, 2.45) is 11.3 Å². The van der Waals surface area contributed by atoms with Gasteiger partial charge in [-0.05, 0) is 25.2 Å². The van der Waals surface area contributed by atoms with E-state index in [0.29, 0.717) is 0 Å². The molecule has 0 heterocycles. The third-order valence-electron chi connectivity index (χ3n) is 12.7. The van der Waals surface area contributed by atoms with E-state index in [4.69, 9.17) is 0 Å². The van der Waals surface area contributed by atoms with E-state index in [0.717, 1.165) is 44.4 Å². The Hall–Kier alpha value is -0.530. The minimum atomic E-state index is -0.481. The van der Waals surface area contributed by atoms with Crippen LogP contribution in [0.3, 0.4) is 0 Å². The largest absolute Gasteiger partial charge is 0.481 e. The summed E-state index contributed by atoms with van der Waals surface area (Å²) in [6.07, 6.45) is 58.5. The fourth-order valence-corrected chi connectivity index (χ4v) is 8.80. The van der Waals surface area contributed by atoms with Gasteiger partial charge in [-0.25, -0.2) is 0 Å². The first-order chi connectivity index (χ1) is 26.0. The second kappa shape index (κ2) is 42.6. The van der Waals surface area contributed by atoms with E-state index >= 15 is 0 Å². The quantitative estimate of drug-likeness (QED) is 0.0630. The highest BCUT2D eigenvalue weighted by Gasteiger charge is 2.36. The van der Waals surface area contributed by atoms with Crippen LogP contribution in [0.25, 0.3) is 0 Å². The summed E-state index contributed by atoms with van der Waals surface area (Å²) in [5.74, 6) is 0.369. The molecule has 1 atom stereocenters. The smallest absolute Gasteiger partial charge is 0.309 e. The molecule has 0 saturated carbocycles. The molecule has 318 valence electrons. The number of hydrogen-bond donors (Lipinski definition) is 1. The summed E-state index contributed by atoms with van der Waals surface area (Å²) in [6, 6.07) is 0. The SMILES string of the molecule is CCCCCCCCCCCCCCCCCCC(CCCCCCCCCCCCCCCC)(CCCCCCCCCCCCC(C)C)C(=O)O. The minimum Gasteiger partial charge on any atom is -0.481 e. The normalized spacial score (nSPS) is 12.9. The molecule has 2 heteroatoms. The standard InChI is InChI=1S/C51H102O2/c1-5-7-9-11-13-15-17-19-21-22-24-27-31-35-39-43-47-51(50(52)53,48-44-40-36-32-28-25-29-33-37-41-45-49(3)4)46-42-38-34-30-26-23-20-18-16-14-12-10-8-6-2/h49H,5-48H2,1-4H3,(H,52,53). The molecule has 0 rings (SSSR count). The number of carboxylic acids is 1. The van der Waals surface area contributed by atoms with E-state index in [1.165, 1.54) is 244 Å². The molecule has 1 N–H and O–H groups in total. The van der Waals surface area contributed by atoms with E-state index in [1.54, 1.807) is 0 Å². The number of rotatable bonds is 46. The van der Waals surface area contributed by atoms with E-state index in [-0.39, 0.29) is 0 Å². The zero-order valence-electron chi connectivity index (χ0n) is 37.5. The van der Waals surface area contributed by atoms with Crippen LogP contribution >= 0.6 is 0 Å². The maximum absolute atomic E-state index is 12.9. The summed E-state index contributed by atoms with van der Waals surface area (Å²) in [7, 11) is 0. The molecular weight excluding hydrogens is 645 g/mol. The van der Waals surface area contributed by atoms with E-state index < -0.39 is 11.4 Å². The van der Waals surface area contributed by atoms with Crippen LogP contribution in [0.15, 0.2) is 0 Å². The number of hydrogen-bond acceptors (Lipinski definition) is 1. The van der Waals surface area contributed by atoms with Gasteiger partial charge in [0.2, 0.25) is 0 Å². The zero-order valence-corrected chi connectivity index (χ0v) is 37.5. The summed E-state index contributed by atoms with van der Waals surface area (Å²) in [6.45, 7) is 9.27.